The maximum atomic E-state index is 10.7. The number of hydrogen-bond acceptors (Lipinski definition) is 3. The van der Waals surface area contributed by atoms with Gasteiger partial charge in [-0.2, -0.15) is 0 Å². The van der Waals surface area contributed by atoms with E-state index < -0.39 is 0 Å². The third-order valence-corrected chi connectivity index (χ3v) is 1.48. The molecule has 0 saturated heterocycles. The van der Waals surface area contributed by atoms with Gasteiger partial charge >= 0.3 is 0 Å². The maximum Gasteiger partial charge on any atom is 0.270 e. The fourth-order valence-corrected chi connectivity index (χ4v) is 0.985. The van der Waals surface area contributed by atoms with Gasteiger partial charge in [0.05, 0.1) is 5.51 Å². The molecule has 0 aliphatic carbocycles. The second-order valence-corrected chi connectivity index (χ2v) is 2.17. The van der Waals surface area contributed by atoms with Crippen molar-refractivity contribution in [3.63, 3.8) is 0 Å². The molecule has 11 heavy (non-hydrogen) atoms. The van der Waals surface area contributed by atoms with Crippen LogP contribution in [0.2, 0.25) is 0 Å². The van der Waals surface area contributed by atoms with Crippen molar-refractivity contribution in [3.05, 3.63) is 16.6 Å². The lowest BCUT2D eigenvalue weighted by Crippen LogP contribution is -2.17. The molecule has 0 fully saturated rings. The molecular weight excluding hydrogens is 207 g/mol. The molecule has 3 nitrogen and oxygen atoms in total. The topological polar surface area (TPSA) is 42.0 Å². The van der Waals surface area contributed by atoms with Crippen LogP contribution in [0.3, 0.4) is 0 Å². The molecule has 64 valence electrons. The predicted octanol–water partition coefficient (Wildman–Crippen LogP) is 1.35. The van der Waals surface area contributed by atoms with Crippen LogP contribution in [0.25, 0.3) is 0 Å². The monoisotopic (exact) mass is 214 g/mol. The highest BCUT2D eigenvalue weighted by atomic mass is 35.5. The molecule has 1 aromatic heterocycles. The second-order valence-electron chi connectivity index (χ2n) is 1.45. The summed E-state index contributed by atoms with van der Waals surface area (Å²) in [6.07, 6.45) is 0. The molecule has 0 saturated carbocycles. The van der Waals surface area contributed by atoms with Crippen LogP contribution in [-0.4, -0.2) is 17.9 Å². The minimum absolute atomic E-state index is 0. The van der Waals surface area contributed by atoms with Gasteiger partial charge in [-0.1, -0.05) is 0 Å². The van der Waals surface area contributed by atoms with Gasteiger partial charge in [0.15, 0.2) is 0 Å². The summed E-state index contributed by atoms with van der Waals surface area (Å²) in [6, 6.07) is 0. The molecule has 1 amide bonds. The lowest BCUT2D eigenvalue weighted by Gasteiger charge is -1.89. The Bertz CT molecular complexity index is 202. The van der Waals surface area contributed by atoms with Gasteiger partial charge in [-0.25, -0.2) is 4.98 Å². The largest absolute Gasteiger partial charge is 0.354 e. The predicted molar refractivity (Wildman–Crippen MR) is 50.0 cm³/mol. The summed E-state index contributed by atoms with van der Waals surface area (Å²) < 4.78 is 0. The van der Waals surface area contributed by atoms with E-state index in [0.29, 0.717) is 5.69 Å². The van der Waals surface area contributed by atoms with E-state index in [1.165, 1.54) is 11.3 Å². The van der Waals surface area contributed by atoms with Gasteiger partial charge in [0.1, 0.15) is 5.69 Å². The number of hydrogen-bond donors (Lipinski definition) is 1. The number of rotatable bonds is 1. The number of thiazole rings is 1. The van der Waals surface area contributed by atoms with Crippen molar-refractivity contribution in [1.29, 1.82) is 0 Å². The van der Waals surface area contributed by atoms with Gasteiger partial charge in [0.25, 0.3) is 5.91 Å². The van der Waals surface area contributed by atoms with Crippen molar-refractivity contribution < 1.29 is 4.79 Å². The summed E-state index contributed by atoms with van der Waals surface area (Å²) in [5.74, 6) is -0.128. The Hall–Kier alpha value is -0.320. The lowest BCUT2D eigenvalue weighted by molar-refractivity contribution is 0.0959. The molecule has 1 N–H and O–H groups in total. The first-order chi connectivity index (χ1) is 4.34. The molecule has 0 unspecified atom stereocenters. The molecule has 0 radical (unpaired) electrons. The highest BCUT2D eigenvalue weighted by Gasteiger charge is 2.01. The smallest absolute Gasteiger partial charge is 0.270 e. The first-order valence-electron chi connectivity index (χ1n) is 2.45. The van der Waals surface area contributed by atoms with Crippen molar-refractivity contribution in [2.45, 2.75) is 0 Å². The van der Waals surface area contributed by atoms with Gasteiger partial charge < -0.3 is 5.32 Å². The van der Waals surface area contributed by atoms with Crippen molar-refractivity contribution in [2.24, 2.45) is 0 Å². The van der Waals surface area contributed by atoms with Crippen LogP contribution >= 0.6 is 36.2 Å². The molecular formula is C5H8Cl2N2OS. The summed E-state index contributed by atoms with van der Waals surface area (Å²) in [4.78, 5) is 14.5. The van der Waals surface area contributed by atoms with Crippen molar-refractivity contribution in [2.75, 3.05) is 7.05 Å². The summed E-state index contributed by atoms with van der Waals surface area (Å²) >= 11 is 1.41. The minimum Gasteiger partial charge on any atom is -0.354 e. The minimum atomic E-state index is -0.128. The lowest BCUT2D eigenvalue weighted by atomic mass is 10.5. The van der Waals surface area contributed by atoms with Crippen LogP contribution in [0.15, 0.2) is 10.9 Å². The molecule has 0 spiro atoms. The van der Waals surface area contributed by atoms with Crippen LogP contribution in [0.5, 0.6) is 0 Å². The van der Waals surface area contributed by atoms with Gasteiger partial charge in [-0.15, -0.1) is 36.2 Å². The van der Waals surface area contributed by atoms with Gasteiger partial charge in [0.2, 0.25) is 0 Å². The average molecular weight is 215 g/mol. The molecule has 6 heteroatoms. The second kappa shape index (κ2) is 6.39. The molecule has 0 aliphatic heterocycles. The van der Waals surface area contributed by atoms with Gasteiger partial charge in [-0.05, 0) is 0 Å². The van der Waals surface area contributed by atoms with Crippen LogP contribution in [0, 0.1) is 0 Å². The Morgan fingerprint density at radius 1 is 1.64 bits per heavy atom. The first kappa shape index (κ1) is 13.3. The van der Waals surface area contributed by atoms with Crippen LogP contribution in [-0.2, 0) is 0 Å². The Morgan fingerprint density at radius 3 is 2.64 bits per heavy atom. The Morgan fingerprint density at radius 2 is 2.27 bits per heavy atom. The number of halogens is 2. The van der Waals surface area contributed by atoms with Gasteiger partial charge in [-0.3, -0.25) is 4.79 Å². The summed E-state index contributed by atoms with van der Waals surface area (Å²) in [6.45, 7) is 0. The third kappa shape index (κ3) is 3.55. The number of nitrogens with one attached hydrogen (secondary N) is 1. The zero-order chi connectivity index (χ0) is 6.69. The number of carbonyl (C=O) groups is 1. The van der Waals surface area contributed by atoms with Crippen LogP contribution < -0.4 is 5.32 Å². The fraction of sp³-hybridized carbons (Fsp3) is 0.200. The number of carbonyl (C=O) groups excluding carboxylic acids is 1. The Labute approximate surface area is 81.0 Å². The molecule has 0 aliphatic rings. The molecule has 1 rings (SSSR count). The van der Waals surface area contributed by atoms with Crippen molar-refractivity contribution in [3.8, 4) is 0 Å². The zero-order valence-electron chi connectivity index (χ0n) is 5.73. The Kier molecular flexibility index (Phi) is 7.72. The van der Waals surface area contributed by atoms with E-state index in [0.717, 1.165) is 0 Å². The van der Waals surface area contributed by atoms with Crippen LogP contribution in [0.4, 0.5) is 0 Å². The summed E-state index contributed by atoms with van der Waals surface area (Å²) in [5.41, 5.74) is 2.12. The van der Waals surface area contributed by atoms with E-state index in [1.54, 1.807) is 17.9 Å². The molecule has 0 aromatic carbocycles. The average Bonchev–Trinajstić information content (AvgIpc) is 2.37. The van der Waals surface area contributed by atoms with Crippen LogP contribution in [0.1, 0.15) is 10.5 Å². The van der Waals surface area contributed by atoms with E-state index in [1.807, 2.05) is 0 Å². The molecule has 0 bridgehead atoms. The van der Waals surface area contributed by atoms with E-state index in [2.05, 4.69) is 10.3 Å². The molecule has 1 heterocycles. The third-order valence-electron chi connectivity index (χ3n) is 0.892. The Balaban J connectivity index is 0. The normalized spacial score (nSPS) is 7.36. The SMILES string of the molecule is CNC(=O)c1cscn1.Cl.Cl. The number of amides is 1. The zero-order valence-corrected chi connectivity index (χ0v) is 8.18. The van der Waals surface area contributed by atoms with Crippen molar-refractivity contribution >= 4 is 42.1 Å². The van der Waals surface area contributed by atoms with E-state index in [9.17, 15) is 4.79 Å². The maximum absolute atomic E-state index is 10.7. The van der Waals surface area contributed by atoms with Crippen molar-refractivity contribution in [1.82, 2.24) is 10.3 Å². The standard InChI is InChI=1S/C5H6N2OS.2ClH/c1-6-5(8)4-2-9-3-7-4;;/h2-3H,1H3,(H,6,8);2*1H. The highest BCUT2D eigenvalue weighted by Crippen LogP contribution is 1.98. The fourth-order valence-electron chi connectivity index (χ4n) is 0.453. The highest BCUT2D eigenvalue weighted by molar-refractivity contribution is 7.07. The van der Waals surface area contributed by atoms with E-state index in [-0.39, 0.29) is 30.7 Å². The quantitative estimate of drug-likeness (QED) is 0.768. The molecule has 1 aromatic rings. The first-order valence-corrected chi connectivity index (χ1v) is 3.39. The van der Waals surface area contributed by atoms with Gasteiger partial charge in [0, 0.05) is 12.4 Å². The summed E-state index contributed by atoms with van der Waals surface area (Å²) in [7, 11) is 1.58. The summed E-state index contributed by atoms with van der Waals surface area (Å²) in [5, 5.41) is 4.18. The number of aromatic nitrogens is 1. The van der Waals surface area contributed by atoms with E-state index in [4.69, 9.17) is 0 Å². The number of nitrogens with zero attached hydrogens (tertiary/aromatic N) is 1. The molecule has 0 atom stereocenters. The van der Waals surface area contributed by atoms with E-state index >= 15 is 0 Å².